The standard InChI is InChI=1S/C14H17N3O/c1-16-8-10-17(11-9-16)14(18)13-5-3-2-4-12(13)6-7-15/h2-5H,6,8-11H2,1H3. The summed E-state index contributed by atoms with van der Waals surface area (Å²) in [5.41, 5.74) is 1.49. The first-order chi connectivity index (χ1) is 8.72. The van der Waals surface area contributed by atoms with E-state index >= 15 is 0 Å². The fraction of sp³-hybridized carbons (Fsp3) is 0.429. The number of benzene rings is 1. The Balaban J connectivity index is 2.16. The van der Waals surface area contributed by atoms with Gasteiger partial charge < -0.3 is 9.80 Å². The van der Waals surface area contributed by atoms with Crippen molar-refractivity contribution in [3.8, 4) is 6.07 Å². The summed E-state index contributed by atoms with van der Waals surface area (Å²) in [7, 11) is 2.06. The van der Waals surface area contributed by atoms with Crippen LogP contribution >= 0.6 is 0 Å². The Labute approximate surface area is 107 Å². The largest absolute Gasteiger partial charge is 0.336 e. The van der Waals surface area contributed by atoms with Gasteiger partial charge >= 0.3 is 0 Å². The molecule has 1 heterocycles. The van der Waals surface area contributed by atoms with Gasteiger partial charge in [0.25, 0.3) is 5.91 Å². The number of carbonyl (C=O) groups excluding carboxylic acids is 1. The van der Waals surface area contributed by atoms with Crippen molar-refractivity contribution in [1.29, 1.82) is 5.26 Å². The molecule has 2 rings (SSSR count). The molecule has 4 heteroatoms. The summed E-state index contributed by atoms with van der Waals surface area (Å²) >= 11 is 0. The minimum Gasteiger partial charge on any atom is -0.336 e. The van der Waals surface area contributed by atoms with E-state index in [0.717, 1.165) is 31.7 Å². The van der Waals surface area contributed by atoms with Crippen LogP contribution in [0.3, 0.4) is 0 Å². The zero-order chi connectivity index (χ0) is 13.0. The van der Waals surface area contributed by atoms with Crippen molar-refractivity contribution in [3.63, 3.8) is 0 Å². The van der Waals surface area contributed by atoms with Gasteiger partial charge in [-0.2, -0.15) is 5.26 Å². The van der Waals surface area contributed by atoms with Crippen LogP contribution in [0.2, 0.25) is 0 Å². The molecule has 0 aromatic heterocycles. The third kappa shape index (κ3) is 2.69. The quantitative estimate of drug-likeness (QED) is 0.782. The predicted octanol–water partition coefficient (Wildman–Crippen LogP) is 1.14. The van der Waals surface area contributed by atoms with E-state index in [1.807, 2.05) is 29.2 Å². The molecule has 0 saturated carbocycles. The number of piperazine rings is 1. The average Bonchev–Trinajstić information content (AvgIpc) is 2.40. The molecule has 0 N–H and O–H groups in total. The van der Waals surface area contributed by atoms with E-state index in [1.165, 1.54) is 0 Å². The van der Waals surface area contributed by atoms with Gasteiger partial charge in [0.2, 0.25) is 0 Å². The molecule has 18 heavy (non-hydrogen) atoms. The molecular weight excluding hydrogens is 226 g/mol. The number of hydrogen-bond donors (Lipinski definition) is 0. The third-order valence-electron chi connectivity index (χ3n) is 3.31. The highest BCUT2D eigenvalue weighted by molar-refractivity contribution is 5.95. The van der Waals surface area contributed by atoms with Crippen LogP contribution in [0.4, 0.5) is 0 Å². The number of amides is 1. The lowest BCUT2D eigenvalue weighted by molar-refractivity contribution is 0.0663. The molecule has 1 aliphatic rings. The van der Waals surface area contributed by atoms with Crippen molar-refractivity contribution in [2.75, 3.05) is 33.2 Å². The molecule has 1 amide bonds. The molecule has 4 nitrogen and oxygen atoms in total. The maximum Gasteiger partial charge on any atom is 0.254 e. The van der Waals surface area contributed by atoms with E-state index in [9.17, 15) is 4.79 Å². The molecule has 1 fully saturated rings. The van der Waals surface area contributed by atoms with Gasteiger partial charge in [0.15, 0.2) is 0 Å². The zero-order valence-corrected chi connectivity index (χ0v) is 10.6. The van der Waals surface area contributed by atoms with E-state index in [2.05, 4.69) is 18.0 Å². The van der Waals surface area contributed by atoms with Crippen LogP contribution in [0.15, 0.2) is 24.3 Å². The van der Waals surface area contributed by atoms with Crippen LogP contribution < -0.4 is 0 Å². The molecule has 0 spiro atoms. The minimum absolute atomic E-state index is 0.0500. The number of nitriles is 1. The normalized spacial score (nSPS) is 16.3. The number of rotatable bonds is 2. The highest BCUT2D eigenvalue weighted by Gasteiger charge is 2.21. The van der Waals surface area contributed by atoms with Gasteiger partial charge in [0.05, 0.1) is 12.5 Å². The number of carbonyl (C=O) groups is 1. The van der Waals surface area contributed by atoms with E-state index < -0.39 is 0 Å². The van der Waals surface area contributed by atoms with Gasteiger partial charge in [0.1, 0.15) is 0 Å². The lowest BCUT2D eigenvalue weighted by Gasteiger charge is -2.32. The van der Waals surface area contributed by atoms with Crippen molar-refractivity contribution in [1.82, 2.24) is 9.80 Å². The Morgan fingerprint density at radius 1 is 1.28 bits per heavy atom. The fourth-order valence-electron chi connectivity index (χ4n) is 2.15. The number of hydrogen-bond acceptors (Lipinski definition) is 3. The van der Waals surface area contributed by atoms with Gasteiger partial charge in [-0.1, -0.05) is 18.2 Å². The molecule has 0 atom stereocenters. The molecule has 1 saturated heterocycles. The summed E-state index contributed by atoms with van der Waals surface area (Å²) in [5.74, 6) is 0.0500. The topological polar surface area (TPSA) is 47.3 Å². The van der Waals surface area contributed by atoms with E-state index in [-0.39, 0.29) is 12.3 Å². The van der Waals surface area contributed by atoms with Crippen LogP contribution in [0.1, 0.15) is 15.9 Å². The first-order valence-electron chi connectivity index (χ1n) is 6.15. The summed E-state index contributed by atoms with van der Waals surface area (Å²) < 4.78 is 0. The van der Waals surface area contributed by atoms with Crippen molar-refractivity contribution >= 4 is 5.91 Å². The maximum absolute atomic E-state index is 12.4. The molecule has 1 aliphatic heterocycles. The van der Waals surface area contributed by atoms with Gasteiger partial charge in [0, 0.05) is 31.7 Å². The monoisotopic (exact) mass is 243 g/mol. The summed E-state index contributed by atoms with van der Waals surface area (Å²) in [6, 6.07) is 9.50. The molecular formula is C14H17N3O. The Hall–Kier alpha value is -1.86. The smallest absolute Gasteiger partial charge is 0.254 e. The average molecular weight is 243 g/mol. The molecule has 0 unspecified atom stereocenters. The summed E-state index contributed by atoms with van der Waals surface area (Å²) in [6.45, 7) is 3.34. The first kappa shape index (κ1) is 12.6. The highest BCUT2D eigenvalue weighted by Crippen LogP contribution is 2.13. The van der Waals surface area contributed by atoms with Crippen LogP contribution in [-0.4, -0.2) is 48.9 Å². The van der Waals surface area contributed by atoms with E-state index in [0.29, 0.717) is 5.56 Å². The fourth-order valence-corrected chi connectivity index (χ4v) is 2.15. The Morgan fingerprint density at radius 2 is 1.94 bits per heavy atom. The Morgan fingerprint density at radius 3 is 2.61 bits per heavy atom. The van der Waals surface area contributed by atoms with Crippen LogP contribution in [0.25, 0.3) is 0 Å². The summed E-state index contributed by atoms with van der Waals surface area (Å²) in [6.07, 6.45) is 0.287. The summed E-state index contributed by atoms with van der Waals surface area (Å²) in [5, 5.41) is 8.79. The lowest BCUT2D eigenvalue weighted by atomic mass is 10.0. The van der Waals surface area contributed by atoms with Gasteiger partial charge in [-0.3, -0.25) is 4.79 Å². The van der Waals surface area contributed by atoms with Crippen molar-refractivity contribution < 1.29 is 4.79 Å². The second-order valence-corrected chi connectivity index (χ2v) is 4.59. The lowest BCUT2D eigenvalue weighted by Crippen LogP contribution is -2.47. The maximum atomic E-state index is 12.4. The number of likely N-dealkylation sites (N-methyl/N-ethyl adjacent to an activating group) is 1. The van der Waals surface area contributed by atoms with Crippen molar-refractivity contribution in [2.24, 2.45) is 0 Å². The SMILES string of the molecule is CN1CCN(C(=O)c2ccccc2CC#N)CC1. The summed E-state index contributed by atoms with van der Waals surface area (Å²) in [4.78, 5) is 16.5. The molecule has 1 aromatic rings. The molecule has 0 aliphatic carbocycles. The van der Waals surface area contributed by atoms with Gasteiger partial charge in [-0.25, -0.2) is 0 Å². The van der Waals surface area contributed by atoms with Crippen molar-refractivity contribution in [2.45, 2.75) is 6.42 Å². The van der Waals surface area contributed by atoms with Crippen molar-refractivity contribution in [3.05, 3.63) is 35.4 Å². The highest BCUT2D eigenvalue weighted by atomic mass is 16.2. The second kappa shape index (κ2) is 5.65. The predicted molar refractivity (Wildman–Crippen MR) is 69.2 cm³/mol. The van der Waals surface area contributed by atoms with Gasteiger partial charge in [-0.15, -0.1) is 0 Å². The molecule has 0 bridgehead atoms. The molecule has 0 radical (unpaired) electrons. The second-order valence-electron chi connectivity index (χ2n) is 4.59. The van der Waals surface area contributed by atoms with E-state index in [4.69, 9.17) is 5.26 Å². The van der Waals surface area contributed by atoms with Crippen LogP contribution in [0.5, 0.6) is 0 Å². The molecule has 94 valence electrons. The Kier molecular flexibility index (Phi) is 3.96. The Bertz CT molecular complexity index is 470. The zero-order valence-electron chi connectivity index (χ0n) is 10.6. The number of nitrogens with zero attached hydrogens (tertiary/aromatic N) is 3. The van der Waals surface area contributed by atoms with Crippen LogP contribution in [-0.2, 0) is 6.42 Å². The van der Waals surface area contributed by atoms with Gasteiger partial charge in [-0.05, 0) is 18.7 Å². The minimum atomic E-state index is 0.0500. The molecule has 1 aromatic carbocycles. The first-order valence-corrected chi connectivity index (χ1v) is 6.15. The van der Waals surface area contributed by atoms with E-state index in [1.54, 1.807) is 0 Å². The third-order valence-corrected chi connectivity index (χ3v) is 3.31. The van der Waals surface area contributed by atoms with Crippen LogP contribution in [0, 0.1) is 11.3 Å².